The van der Waals surface area contributed by atoms with Crippen molar-refractivity contribution in [3.8, 4) is 5.75 Å². The van der Waals surface area contributed by atoms with Gasteiger partial charge in [0.2, 0.25) is 0 Å². The molecule has 2 aromatic rings. The molecular formula is C18H19FO5S. The van der Waals surface area contributed by atoms with E-state index < -0.39 is 15.8 Å². The minimum atomic E-state index is -3.39. The zero-order chi connectivity index (χ0) is 18.4. The molecule has 0 heterocycles. The van der Waals surface area contributed by atoms with E-state index in [-0.39, 0.29) is 22.9 Å². The van der Waals surface area contributed by atoms with E-state index in [1.165, 1.54) is 36.4 Å². The number of rotatable bonds is 7. The fraction of sp³-hybridized carbons (Fsp3) is 0.278. The number of halogens is 1. The van der Waals surface area contributed by atoms with Crippen molar-refractivity contribution in [3.63, 3.8) is 0 Å². The maximum Gasteiger partial charge on any atom is 0.338 e. The third kappa shape index (κ3) is 5.56. The van der Waals surface area contributed by atoms with Crippen LogP contribution in [0, 0.1) is 12.7 Å². The Balaban J connectivity index is 1.85. The van der Waals surface area contributed by atoms with Gasteiger partial charge < -0.3 is 9.47 Å². The second-order valence-electron chi connectivity index (χ2n) is 5.54. The first-order valence-electron chi connectivity index (χ1n) is 7.63. The highest BCUT2D eigenvalue weighted by Gasteiger charge is 2.15. The van der Waals surface area contributed by atoms with Crippen LogP contribution in [0.3, 0.4) is 0 Å². The second-order valence-corrected chi connectivity index (χ2v) is 7.56. The molecule has 5 nitrogen and oxygen atoms in total. The van der Waals surface area contributed by atoms with Crippen LogP contribution >= 0.6 is 0 Å². The summed E-state index contributed by atoms with van der Waals surface area (Å²) in [6, 6.07) is 9.98. The molecule has 2 aromatic carbocycles. The van der Waals surface area contributed by atoms with Crippen molar-refractivity contribution in [2.75, 3.05) is 19.5 Å². The van der Waals surface area contributed by atoms with Gasteiger partial charge in [-0.2, -0.15) is 0 Å². The van der Waals surface area contributed by atoms with E-state index in [0.717, 1.165) is 6.26 Å². The largest absolute Gasteiger partial charge is 0.493 e. The molecule has 0 fully saturated rings. The maximum absolute atomic E-state index is 12.8. The van der Waals surface area contributed by atoms with E-state index in [1.54, 1.807) is 13.0 Å². The zero-order valence-electron chi connectivity index (χ0n) is 14.0. The van der Waals surface area contributed by atoms with Crippen molar-refractivity contribution < 1.29 is 27.1 Å². The van der Waals surface area contributed by atoms with Gasteiger partial charge in [0.25, 0.3) is 0 Å². The molecule has 25 heavy (non-hydrogen) atoms. The number of esters is 1. The summed E-state index contributed by atoms with van der Waals surface area (Å²) >= 11 is 0. The molecule has 0 aromatic heterocycles. The van der Waals surface area contributed by atoms with Crippen LogP contribution in [0.5, 0.6) is 5.75 Å². The molecular weight excluding hydrogens is 347 g/mol. The molecule has 0 N–H and O–H groups in total. The predicted molar refractivity (Wildman–Crippen MR) is 91.1 cm³/mol. The van der Waals surface area contributed by atoms with Gasteiger partial charge in [-0.3, -0.25) is 0 Å². The average Bonchev–Trinajstić information content (AvgIpc) is 2.55. The molecule has 0 saturated heterocycles. The fourth-order valence-electron chi connectivity index (χ4n) is 2.07. The van der Waals surface area contributed by atoms with Gasteiger partial charge in [0.15, 0.2) is 9.84 Å². The van der Waals surface area contributed by atoms with E-state index in [2.05, 4.69) is 0 Å². The summed E-state index contributed by atoms with van der Waals surface area (Å²) in [6.07, 6.45) is 1.54. The van der Waals surface area contributed by atoms with Gasteiger partial charge in [-0.15, -0.1) is 0 Å². The first-order chi connectivity index (χ1) is 11.8. The Morgan fingerprint density at radius 1 is 1.08 bits per heavy atom. The smallest absolute Gasteiger partial charge is 0.338 e. The van der Waals surface area contributed by atoms with Gasteiger partial charge in [-0.05, 0) is 48.9 Å². The van der Waals surface area contributed by atoms with E-state index >= 15 is 0 Å². The molecule has 7 heteroatoms. The van der Waals surface area contributed by atoms with E-state index in [9.17, 15) is 17.6 Å². The summed E-state index contributed by atoms with van der Waals surface area (Å²) in [6.45, 7) is 2.14. The second kappa shape index (κ2) is 8.11. The number of carbonyl (C=O) groups excluding carboxylic acids is 1. The minimum absolute atomic E-state index is 0.0738. The molecule has 0 radical (unpaired) electrons. The van der Waals surface area contributed by atoms with Crippen molar-refractivity contribution in [2.24, 2.45) is 0 Å². The van der Waals surface area contributed by atoms with Crippen molar-refractivity contribution in [1.29, 1.82) is 0 Å². The zero-order valence-corrected chi connectivity index (χ0v) is 14.8. The SMILES string of the molecule is Cc1ccc(S(C)(=O)=O)cc1C(=O)OCCCOc1ccc(F)cc1. The number of aryl methyl sites for hydroxylation is 1. The van der Waals surface area contributed by atoms with Gasteiger partial charge in [0, 0.05) is 12.7 Å². The van der Waals surface area contributed by atoms with Crippen molar-refractivity contribution in [2.45, 2.75) is 18.2 Å². The van der Waals surface area contributed by atoms with Crippen LogP contribution in [0.2, 0.25) is 0 Å². The lowest BCUT2D eigenvalue weighted by atomic mass is 10.1. The standard InChI is InChI=1S/C18H19FO5S/c1-13-4-9-16(25(2,21)22)12-17(13)18(20)24-11-3-10-23-15-7-5-14(19)6-8-15/h4-9,12H,3,10-11H2,1-2H3. The fourth-order valence-corrected chi connectivity index (χ4v) is 2.72. The van der Waals surface area contributed by atoms with Gasteiger partial charge in [-0.1, -0.05) is 6.07 Å². The Morgan fingerprint density at radius 3 is 2.40 bits per heavy atom. The quantitative estimate of drug-likeness (QED) is 0.556. The summed E-state index contributed by atoms with van der Waals surface area (Å²) in [7, 11) is -3.39. The summed E-state index contributed by atoms with van der Waals surface area (Å²) in [5.74, 6) is -0.387. The Bertz CT molecular complexity index is 844. The summed E-state index contributed by atoms with van der Waals surface area (Å²) < 4.78 is 46.5. The van der Waals surface area contributed by atoms with E-state index in [0.29, 0.717) is 24.3 Å². The maximum atomic E-state index is 12.8. The molecule has 0 aliphatic rings. The number of carbonyl (C=O) groups is 1. The van der Waals surface area contributed by atoms with Crippen LogP contribution in [0.15, 0.2) is 47.4 Å². The third-order valence-electron chi connectivity index (χ3n) is 3.46. The van der Waals surface area contributed by atoms with Gasteiger partial charge in [0.05, 0.1) is 23.7 Å². The highest BCUT2D eigenvalue weighted by molar-refractivity contribution is 7.90. The number of sulfone groups is 1. The lowest BCUT2D eigenvalue weighted by molar-refractivity contribution is 0.0485. The molecule has 0 bridgehead atoms. The Labute approximate surface area is 146 Å². The molecule has 0 atom stereocenters. The van der Waals surface area contributed by atoms with Crippen LogP contribution in [0.25, 0.3) is 0 Å². The monoisotopic (exact) mass is 366 g/mol. The number of ether oxygens (including phenoxy) is 2. The lowest BCUT2D eigenvalue weighted by Gasteiger charge is -2.09. The van der Waals surface area contributed by atoms with Crippen molar-refractivity contribution >= 4 is 15.8 Å². The van der Waals surface area contributed by atoms with Crippen LogP contribution in [-0.4, -0.2) is 33.9 Å². The van der Waals surface area contributed by atoms with Crippen LogP contribution in [0.1, 0.15) is 22.3 Å². The summed E-state index contributed by atoms with van der Waals surface area (Å²) in [5, 5.41) is 0. The Morgan fingerprint density at radius 2 is 1.76 bits per heavy atom. The Kier molecular flexibility index (Phi) is 6.14. The molecule has 0 amide bonds. The number of hydrogen-bond donors (Lipinski definition) is 0. The van der Waals surface area contributed by atoms with Gasteiger partial charge in [-0.25, -0.2) is 17.6 Å². The van der Waals surface area contributed by atoms with Crippen LogP contribution in [0.4, 0.5) is 4.39 Å². The third-order valence-corrected chi connectivity index (χ3v) is 4.57. The topological polar surface area (TPSA) is 69.7 Å². The molecule has 0 unspecified atom stereocenters. The molecule has 0 aliphatic carbocycles. The number of benzene rings is 2. The lowest BCUT2D eigenvalue weighted by Crippen LogP contribution is -2.11. The molecule has 0 spiro atoms. The van der Waals surface area contributed by atoms with Crippen LogP contribution in [-0.2, 0) is 14.6 Å². The normalized spacial score (nSPS) is 11.2. The van der Waals surface area contributed by atoms with Crippen molar-refractivity contribution in [3.05, 3.63) is 59.4 Å². The molecule has 0 aliphatic heterocycles. The first kappa shape index (κ1) is 18.9. The van der Waals surface area contributed by atoms with Crippen molar-refractivity contribution in [1.82, 2.24) is 0 Å². The summed E-state index contributed by atoms with van der Waals surface area (Å²) in [5.41, 5.74) is 0.863. The average molecular weight is 366 g/mol. The number of hydrogen-bond acceptors (Lipinski definition) is 5. The van der Waals surface area contributed by atoms with Crippen LogP contribution < -0.4 is 4.74 Å². The Hall–Kier alpha value is -2.41. The minimum Gasteiger partial charge on any atom is -0.493 e. The highest BCUT2D eigenvalue weighted by Crippen LogP contribution is 2.17. The molecule has 2 rings (SSSR count). The highest BCUT2D eigenvalue weighted by atomic mass is 32.2. The first-order valence-corrected chi connectivity index (χ1v) is 9.53. The van der Waals surface area contributed by atoms with Gasteiger partial charge >= 0.3 is 5.97 Å². The van der Waals surface area contributed by atoms with Gasteiger partial charge in [0.1, 0.15) is 11.6 Å². The predicted octanol–water partition coefficient (Wildman–Crippen LogP) is 3.16. The van der Waals surface area contributed by atoms with E-state index in [1.807, 2.05) is 0 Å². The van der Waals surface area contributed by atoms with E-state index in [4.69, 9.17) is 9.47 Å². The molecule has 0 saturated carbocycles. The summed E-state index contributed by atoms with van der Waals surface area (Å²) in [4.78, 5) is 12.2. The molecule has 134 valence electrons.